The third kappa shape index (κ3) is 2.35. The summed E-state index contributed by atoms with van der Waals surface area (Å²) in [7, 11) is 0. The summed E-state index contributed by atoms with van der Waals surface area (Å²) in [4.78, 5) is 0. The van der Waals surface area contributed by atoms with E-state index < -0.39 is 0 Å². The number of rotatable bonds is 2. The minimum Gasteiger partial charge on any atom is -0.0876 e. The fourth-order valence-electron chi connectivity index (χ4n) is 4.01. The quantitative estimate of drug-likeness (QED) is 0.211. The van der Waals surface area contributed by atoms with Crippen LogP contribution in [0.1, 0.15) is 5.56 Å². The molecule has 0 saturated heterocycles. The molecule has 5 aromatic carbocycles. The summed E-state index contributed by atoms with van der Waals surface area (Å²) in [6.45, 7) is 0. The lowest BCUT2D eigenvalue weighted by Gasteiger charge is -2.16. The van der Waals surface area contributed by atoms with Crippen molar-refractivity contribution in [1.82, 2.24) is 0 Å². The van der Waals surface area contributed by atoms with Crippen LogP contribution in [0.25, 0.3) is 43.4 Å². The van der Waals surface area contributed by atoms with Gasteiger partial charge < -0.3 is 0 Å². The van der Waals surface area contributed by atoms with Crippen molar-refractivity contribution in [2.75, 3.05) is 0 Å². The van der Waals surface area contributed by atoms with E-state index in [0.29, 0.717) is 0 Å². The highest BCUT2D eigenvalue weighted by Crippen LogP contribution is 2.40. The Morgan fingerprint density at radius 2 is 1.15 bits per heavy atom. The summed E-state index contributed by atoms with van der Waals surface area (Å²) < 4.78 is 0. The first-order valence-electron chi connectivity index (χ1n) is 8.84. The second kappa shape index (κ2) is 6.26. The van der Waals surface area contributed by atoms with Crippen LogP contribution in [0.15, 0.2) is 91.0 Å². The van der Waals surface area contributed by atoms with Crippen LogP contribution in [0.5, 0.6) is 0 Å². The van der Waals surface area contributed by atoms with E-state index in [1.54, 1.807) is 0 Å². The standard InChI is InChI=1S/C25H17Br/c26-16-19-14-13-17-7-1-4-10-21(17)25(19)24-15-18-8-2-3-9-20(18)22-11-5-6-12-23(22)24/h1-15H,16H2. The van der Waals surface area contributed by atoms with Crippen molar-refractivity contribution in [2.24, 2.45) is 0 Å². The molecule has 0 aromatic heterocycles. The van der Waals surface area contributed by atoms with E-state index in [1.165, 1.54) is 49.0 Å². The highest BCUT2D eigenvalue weighted by molar-refractivity contribution is 9.08. The largest absolute Gasteiger partial charge is 0.0876 e. The van der Waals surface area contributed by atoms with Crippen LogP contribution in [-0.2, 0) is 5.33 Å². The molecule has 0 radical (unpaired) electrons. The first kappa shape index (κ1) is 15.6. The molecule has 0 aliphatic rings. The molecule has 0 amide bonds. The van der Waals surface area contributed by atoms with Gasteiger partial charge in [-0.1, -0.05) is 101 Å². The molecule has 0 bridgehead atoms. The Labute approximate surface area is 161 Å². The van der Waals surface area contributed by atoms with Crippen LogP contribution < -0.4 is 0 Å². The number of halogens is 1. The third-order valence-electron chi connectivity index (χ3n) is 5.20. The van der Waals surface area contributed by atoms with Gasteiger partial charge in [-0.25, -0.2) is 0 Å². The first-order chi connectivity index (χ1) is 12.9. The number of fused-ring (bicyclic) bond motifs is 4. The Balaban J connectivity index is 2.00. The zero-order valence-corrected chi connectivity index (χ0v) is 15.8. The van der Waals surface area contributed by atoms with Gasteiger partial charge in [0.25, 0.3) is 0 Å². The van der Waals surface area contributed by atoms with Gasteiger partial charge in [0.1, 0.15) is 0 Å². The summed E-state index contributed by atoms with van der Waals surface area (Å²) >= 11 is 3.71. The molecule has 0 aliphatic carbocycles. The van der Waals surface area contributed by atoms with Crippen LogP contribution >= 0.6 is 15.9 Å². The normalized spacial score (nSPS) is 11.4. The number of hydrogen-bond acceptors (Lipinski definition) is 0. The molecule has 26 heavy (non-hydrogen) atoms. The summed E-state index contributed by atoms with van der Waals surface area (Å²) in [5.41, 5.74) is 3.97. The van der Waals surface area contributed by atoms with Crippen molar-refractivity contribution in [3.8, 4) is 11.1 Å². The van der Waals surface area contributed by atoms with E-state index in [4.69, 9.17) is 0 Å². The minimum atomic E-state index is 0.842. The molecule has 124 valence electrons. The lowest BCUT2D eigenvalue weighted by Crippen LogP contribution is -1.91. The Morgan fingerprint density at radius 1 is 0.538 bits per heavy atom. The van der Waals surface area contributed by atoms with E-state index in [0.717, 1.165) is 5.33 Å². The smallest absolute Gasteiger partial charge is 0.0289 e. The van der Waals surface area contributed by atoms with Gasteiger partial charge in [0.05, 0.1) is 0 Å². The summed E-state index contributed by atoms with van der Waals surface area (Å²) in [5, 5.41) is 8.66. The molecular formula is C25H17Br. The van der Waals surface area contributed by atoms with Gasteiger partial charge in [0.2, 0.25) is 0 Å². The second-order valence-electron chi connectivity index (χ2n) is 6.65. The molecule has 0 atom stereocenters. The Kier molecular flexibility index (Phi) is 3.76. The zero-order chi connectivity index (χ0) is 17.5. The van der Waals surface area contributed by atoms with Gasteiger partial charge in [-0.05, 0) is 55.1 Å². The maximum Gasteiger partial charge on any atom is 0.0289 e. The summed E-state index contributed by atoms with van der Waals surface area (Å²) in [5.74, 6) is 0. The van der Waals surface area contributed by atoms with Gasteiger partial charge >= 0.3 is 0 Å². The second-order valence-corrected chi connectivity index (χ2v) is 7.21. The van der Waals surface area contributed by atoms with Crippen LogP contribution in [-0.4, -0.2) is 0 Å². The molecule has 0 spiro atoms. The molecule has 5 rings (SSSR count). The molecule has 0 unspecified atom stereocenters. The zero-order valence-electron chi connectivity index (χ0n) is 14.2. The maximum absolute atomic E-state index is 3.71. The van der Waals surface area contributed by atoms with Gasteiger partial charge in [-0.15, -0.1) is 0 Å². The van der Waals surface area contributed by atoms with Crippen molar-refractivity contribution < 1.29 is 0 Å². The van der Waals surface area contributed by atoms with Crippen LogP contribution in [0, 0.1) is 0 Å². The molecule has 0 N–H and O–H groups in total. The maximum atomic E-state index is 3.71. The topological polar surface area (TPSA) is 0 Å². The summed E-state index contributed by atoms with van der Waals surface area (Å²) in [6, 6.07) is 32.9. The molecule has 5 aromatic rings. The van der Waals surface area contributed by atoms with E-state index in [2.05, 4.69) is 107 Å². The van der Waals surface area contributed by atoms with Crippen molar-refractivity contribution in [1.29, 1.82) is 0 Å². The third-order valence-corrected chi connectivity index (χ3v) is 5.80. The Bertz CT molecular complexity index is 1270. The summed E-state index contributed by atoms with van der Waals surface area (Å²) in [6.07, 6.45) is 0. The molecule has 0 fully saturated rings. The van der Waals surface area contributed by atoms with E-state index in [1.807, 2.05) is 0 Å². The monoisotopic (exact) mass is 396 g/mol. The van der Waals surface area contributed by atoms with Crippen molar-refractivity contribution in [3.05, 3.63) is 96.6 Å². The van der Waals surface area contributed by atoms with Crippen LogP contribution in [0.3, 0.4) is 0 Å². The predicted molar refractivity (Wildman–Crippen MR) is 117 cm³/mol. The molecule has 0 heterocycles. The molecule has 0 nitrogen and oxygen atoms in total. The fourth-order valence-corrected chi connectivity index (χ4v) is 4.47. The number of alkyl halides is 1. The first-order valence-corrected chi connectivity index (χ1v) is 9.96. The van der Waals surface area contributed by atoms with E-state index >= 15 is 0 Å². The SMILES string of the molecule is BrCc1ccc2ccccc2c1-c1cc2ccccc2c2ccccc12. The lowest BCUT2D eigenvalue weighted by molar-refractivity contribution is 1.46. The van der Waals surface area contributed by atoms with Gasteiger partial charge in [-0.2, -0.15) is 0 Å². The average Bonchev–Trinajstić information content (AvgIpc) is 2.72. The Hall–Kier alpha value is -2.64. The Morgan fingerprint density at radius 3 is 1.92 bits per heavy atom. The van der Waals surface area contributed by atoms with Gasteiger partial charge in [-0.3, -0.25) is 0 Å². The van der Waals surface area contributed by atoms with E-state index in [-0.39, 0.29) is 0 Å². The molecule has 0 aliphatic heterocycles. The predicted octanol–water partition coefficient (Wildman–Crippen LogP) is 7.71. The highest BCUT2D eigenvalue weighted by atomic mass is 79.9. The molecular weight excluding hydrogens is 380 g/mol. The number of benzene rings is 5. The van der Waals surface area contributed by atoms with Crippen molar-refractivity contribution in [2.45, 2.75) is 5.33 Å². The minimum absolute atomic E-state index is 0.842. The van der Waals surface area contributed by atoms with Gasteiger partial charge in [0.15, 0.2) is 0 Å². The molecule has 0 saturated carbocycles. The van der Waals surface area contributed by atoms with Crippen LogP contribution in [0.2, 0.25) is 0 Å². The van der Waals surface area contributed by atoms with Crippen molar-refractivity contribution in [3.63, 3.8) is 0 Å². The molecule has 1 heteroatoms. The number of hydrogen-bond donors (Lipinski definition) is 0. The van der Waals surface area contributed by atoms with Crippen LogP contribution in [0.4, 0.5) is 0 Å². The lowest BCUT2D eigenvalue weighted by atomic mass is 9.88. The fraction of sp³-hybridized carbons (Fsp3) is 0.0400. The van der Waals surface area contributed by atoms with E-state index in [9.17, 15) is 0 Å². The van der Waals surface area contributed by atoms with Gasteiger partial charge in [0, 0.05) is 5.33 Å². The van der Waals surface area contributed by atoms with Crippen molar-refractivity contribution >= 4 is 48.2 Å². The highest BCUT2D eigenvalue weighted by Gasteiger charge is 2.14. The average molecular weight is 397 g/mol.